The average Bonchev–Trinajstić information content (AvgIpc) is 2.67. The monoisotopic (exact) mass is 470 g/mol. The maximum absolute atomic E-state index is 14.6. The van der Waals surface area contributed by atoms with E-state index in [1.165, 1.54) is 18.2 Å². The third-order valence-corrected chi connectivity index (χ3v) is 7.04. The zero-order valence-corrected chi connectivity index (χ0v) is 18.4. The summed E-state index contributed by atoms with van der Waals surface area (Å²) in [6.07, 6.45) is 2.12. The van der Waals surface area contributed by atoms with E-state index in [0.717, 1.165) is 25.0 Å². The molecule has 2 aromatic rings. The third kappa shape index (κ3) is 5.32. The number of carbonyl (C=O) groups is 1. The van der Waals surface area contributed by atoms with E-state index in [1.54, 1.807) is 0 Å². The second-order valence-corrected chi connectivity index (χ2v) is 10.3. The second-order valence-electron chi connectivity index (χ2n) is 7.13. The molecule has 2 aromatic carbocycles. The number of rotatable bonds is 8. The molecule has 0 aromatic heterocycles. The lowest BCUT2D eigenvalue weighted by atomic mass is 10.0. The van der Waals surface area contributed by atoms with Crippen molar-refractivity contribution in [2.24, 2.45) is 5.14 Å². The molecule has 12 heteroatoms. The summed E-state index contributed by atoms with van der Waals surface area (Å²) in [5.74, 6) is -1.32. The molecule has 1 aliphatic heterocycles. The molecule has 0 aliphatic carbocycles. The predicted molar refractivity (Wildman–Crippen MR) is 115 cm³/mol. The van der Waals surface area contributed by atoms with Crippen LogP contribution in [0.25, 0.3) is 0 Å². The molecule has 1 aliphatic rings. The Bertz CT molecular complexity index is 1230. The number of amides is 1. The lowest BCUT2D eigenvalue weighted by Crippen LogP contribution is -2.22. The van der Waals surface area contributed by atoms with Crippen molar-refractivity contribution in [1.29, 1.82) is 0 Å². The van der Waals surface area contributed by atoms with E-state index in [1.807, 2.05) is 6.92 Å². The van der Waals surface area contributed by atoms with E-state index in [2.05, 4.69) is 15.4 Å². The summed E-state index contributed by atoms with van der Waals surface area (Å²) in [5, 5.41) is 10.7. The molecular formula is C19H23FN4O5S2. The molecule has 0 saturated heterocycles. The van der Waals surface area contributed by atoms with Crippen LogP contribution in [0.15, 0.2) is 40.1 Å². The summed E-state index contributed by atoms with van der Waals surface area (Å²) < 4.78 is 66.3. The highest BCUT2D eigenvalue weighted by atomic mass is 32.2. The van der Waals surface area contributed by atoms with Gasteiger partial charge in [-0.3, -0.25) is 9.52 Å². The molecule has 0 spiro atoms. The molecule has 0 atom stereocenters. The van der Waals surface area contributed by atoms with Gasteiger partial charge in [0.15, 0.2) is 0 Å². The molecule has 5 N–H and O–H groups in total. The molecule has 1 heterocycles. The van der Waals surface area contributed by atoms with Gasteiger partial charge < -0.3 is 10.6 Å². The standard InChI is InChI=1S/C19H23FN4O5S2/c1-2-3-8-22-15-6-5-13(30(21,26)27)10-17(15)24-31(28,29)18-9-12-4-7-19(25)23-16(12)11-14(18)20/h5-6,9-11,22,24H,2-4,7-8H2,1H3,(H,23,25)(H2,21,26,27). The molecule has 3 rings (SSSR count). The number of halogens is 1. The van der Waals surface area contributed by atoms with Crippen LogP contribution < -0.4 is 20.5 Å². The number of fused-ring (bicyclic) bond motifs is 1. The van der Waals surface area contributed by atoms with Crippen LogP contribution in [0.4, 0.5) is 21.5 Å². The topological polar surface area (TPSA) is 147 Å². The van der Waals surface area contributed by atoms with Gasteiger partial charge in [-0.25, -0.2) is 26.4 Å². The van der Waals surface area contributed by atoms with E-state index < -0.39 is 30.8 Å². The normalized spacial score (nSPS) is 14.0. The zero-order chi connectivity index (χ0) is 22.8. The molecule has 0 fully saturated rings. The van der Waals surface area contributed by atoms with Crippen LogP contribution in [0, 0.1) is 5.82 Å². The predicted octanol–water partition coefficient (Wildman–Crippen LogP) is 2.37. The van der Waals surface area contributed by atoms with Crippen LogP contribution in [0.3, 0.4) is 0 Å². The minimum Gasteiger partial charge on any atom is -0.383 e. The van der Waals surface area contributed by atoms with Crippen LogP contribution >= 0.6 is 0 Å². The Morgan fingerprint density at radius 2 is 1.84 bits per heavy atom. The van der Waals surface area contributed by atoms with Crippen molar-refractivity contribution in [2.75, 3.05) is 21.9 Å². The fourth-order valence-corrected chi connectivity index (χ4v) is 4.85. The highest BCUT2D eigenvalue weighted by molar-refractivity contribution is 7.92. The van der Waals surface area contributed by atoms with E-state index in [-0.39, 0.29) is 35.0 Å². The minimum atomic E-state index is -4.42. The van der Waals surface area contributed by atoms with Crippen molar-refractivity contribution in [3.8, 4) is 0 Å². The second kappa shape index (κ2) is 8.81. The Hall–Kier alpha value is -2.70. The first-order valence-electron chi connectivity index (χ1n) is 9.57. The number of nitrogens with one attached hydrogen (secondary N) is 3. The third-order valence-electron chi connectivity index (χ3n) is 4.75. The molecule has 0 bridgehead atoms. The van der Waals surface area contributed by atoms with Crippen molar-refractivity contribution < 1.29 is 26.0 Å². The van der Waals surface area contributed by atoms with Gasteiger partial charge in [-0.2, -0.15) is 0 Å². The van der Waals surface area contributed by atoms with Gasteiger partial charge in [0.1, 0.15) is 10.7 Å². The highest BCUT2D eigenvalue weighted by Crippen LogP contribution is 2.31. The van der Waals surface area contributed by atoms with Gasteiger partial charge in [-0.15, -0.1) is 0 Å². The van der Waals surface area contributed by atoms with Gasteiger partial charge in [0.2, 0.25) is 15.9 Å². The van der Waals surface area contributed by atoms with Crippen molar-refractivity contribution >= 4 is 43.0 Å². The fourth-order valence-electron chi connectivity index (χ4n) is 3.12. The minimum absolute atomic E-state index is 0.0759. The van der Waals surface area contributed by atoms with Gasteiger partial charge in [0.25, 0.3) is 10.0 Å². The van der Waals surface area contributed by atoms with Crippen molar-refractivity contribution in [1.82, 2.24) is 0 Å². The number of primary sulfonamides is 1. The first-order chi connectivity index (χ1) is 14.5. The molecule has 0 unspecified atom stereocenters. The number of unbranched alkanes of at least 4 members (excludes halogenated alkanes) is 1. The largest absolute Gasteiger partial charge is 0.383 e. The number of carbonyl (C=O) groups excluding carboxylic acids is 1. The van der Waals surface area contributed by atoms with Crippen molar-refractivity contribution in [3.63, 3.8) is 0 Å². The lowest BCUT2D eigenvalue weighted by Gasteiger charge is -2.19. The SMILES string of the molecule is CCCCNc1ccc(S(N)(=O)=O)cc1NS(=O)(=O)c1cc2c(cc1F)NC(=O)CC2. The summed E-state index contributed by atoms with van der Waals surface area (Å²) >= 11 is 0. The summed E-state index contributed by atoms with van der Waals surface area (Å²) in [6.45, 7) is 2.50. The van der Waals surface area contributed by atoms with Crippen LogP contribution in [0.5, 0.6) is 0 Å². The Balaban J connectivity index is 2.01. The number of aryl methyl sites for hydroxylation is 1. The van der Waals surface area contributed by atoms with Gasteiger partial charge in [-0.1, -0.05) is 13.3 Å². The summed E-state index contributed by atoms with van der Waals surface area (Å²) in [7, 11) is -8.51. The first kappa shape index (κ1) is 23.0. The number of hydrogen-bond acceptors (Lipinski definition) is 6. The van der Waals surface area contributed by atoms with Gasteiger partial charge >= 0.3 is 0 Å². The van der Waals surface area contributed by atoms with Gasteiger partial charge in [0.05, 0.1) is 16.3 Å². The number of benzene rings is 2. The summed E-state index contributed by atoms with van der Waals surface area (Å²) in [6, 6.07) is 5.86. The quantitative estimate of drug-likeness (QED) is 0.436. The Labute approximate surface area is 180 Å². The Morgan fingerprint density at radius 3 is 2.52 bits per heavy atom. The molecule has 0 saturated carbocycles. The van der Waals surface area contributed by atoms with Crippen molar-refractivity contribution in [2.45, 2.75) is 42.4 Å². The van der Waals surface area contributed by atoms with E-state index >= 15 is 0 Å². The number of hydrogen-bond donors (Lipinski definition) is 4. The number of sulfonamides is 2. The van der Waals surface area contributed by atoms with E-state index in [9.17, 15) is 26.0 Å². The maximum atomic E-state index is 14.6. The van der Waals surface area contributed by atoms with Gasteiger partial charge in [0, 0.05) is 18.7 Å². The Morgan fingerprint density at radius 1 is 1.10 bits per heavy atom. The fraction of sp³-hybridized carbons (Fsp3) is 0.316. The number of nitrogens with two attached hydrogens (primary N) is 1. The van der Waals surface area contributed by atoms with Crippen LogP contribution in [-0.4, -0.2) is 29.3 Å². The lowest BCUT2D eigenvalue weighted by molar-refractivity contribution is -0.116. The molecule has 1 amide bonds. The molecule has 9 nitrogen and oxygen atoms in total. The Kier molecular flexibility index (Phi) is 6.53. The van der Waals surface area contributed by atoms with E-state index in [0.29, 0.717) is 17.8 Å². The number of anilines is 3. The van der Waals surface area contributed by atoms with Gasteiger partial charge in [-0.05, 0) is 48.7 Å². The maximum Gasteiger partial charge on any atom is 0.264 e. The highest BCUT2D eigenvalue weighted by Gasteiger charge is 2.26. The zero-order valence-electron chi connectivity index (χ0n) is 16.7. The molecule has 31 heavy (non-hydrogen) atoms. The molecule has 168 valence electrons. The summed E-state index contributed by atoms with van der Waals surface area (Å²) in [4.78, 5) is 10.6. The summed E-state index contributed by atoms with van der Waals surface area (Å²) in [5.41, 5.74) is 0.968. The van der Waals surface area contributed by atoms with E-state index in [4.69, 9.17) is 5.14 Å². The van der Waals surface area contributed by atoms with Crippen molar-refractivity contribution in [3.05, 3.63) is 41.7 Å². The van der Waals surface area contributed by atoms with Crippen LogP contribution in [0.2, 0.25) is 0 Å². The first-order valence-corrected chi connectivity index (χ1v) is 12.6. The smallest absolute Gasteiger partial charge is 0.264 e. The van der Waals surface area contributed by atoms with Crippen LogP contribution in [-0.2, 0) is 31.3 Å². The van der Waals surface area contributed by atoms with Crippen LogP contribution in [0.1, 0.15) is 31.7 Å². The molecular weight excluding hydrogens is 447 g/mol. The average molecular weight is 471 g/mol. The molecule has 0 radical (unpaired) electrons.